The van der Waals surface area contributed by atoms with Crippen molar-refractivity contribution in [2.45, 2.75) is 39.5 Å². The number of phenols is 2. The van der Waals surface area contributed by atoms with Crippen molar-refractivity contribution < 1.29 is 10.2 Å². The van der Waals surface area contributed by atoms with Crippen molar-refractivity contribution in [2.24, 2.45) is 0 Å². The van der Waals surface area contributed by atoms with E-state index in [1.54, 1.807) is 23.5 Å². The second kappa shape index (κ2) is 9.33. The Morgan fingerprint density at radius 1 is 1.00 bits per heavy atom. The van der Waals surface area contributed by atoms with Gasteiger partial charge in [0, 0.05) is 30.2 Å². The van der Waals surface area contributed by atoms with Gasteiger partial charge in [-0.25, -0.2) is 4.98 Å². The summed E-state index contributed by atoms with van der Waals surface area (Å²) in [5.74, 6) is 0.120. The summed E-state index contributed by atoms with van der Waals surface area (Å²) in [6.07, 6.45) is 10.4. The van der Waals surface area contributed by atoms with Gasteiger partial charge in [-0.15, -0.1) is 0 Å². The van der Waals surface area contributed by atoms with Crippen LogP contribution in [0.15, 0.2) is 24.4 Å². The second-order valence-corrected chi connectivity index (χ2v) is 6.90. The van der Waals surface area contributed by atoms with Crippen LogP contribution in [-0.4, -0.2) is 28.3 Å². The minimum atomic E-state index is 0.0601. The lowest BCUT2D eigenvalue weighted by molar-refractivity contribution is 0.450. The average Bonchev–Trinajstić information content (AvgIpc) is 3.01. The molecule has 0 atom stereocenters. The Labute approximate surface area is 148 Å². The van der Waals surface area contributed by atoms with Crippen LogP contribution in [0.5, 0.6) is 11.5 Å². The molecule has 0 fully saturated rings. The maximum atomic E-state index is 9.52. The molecule has 0 aliphatic rings. The van der Waals surface area contributed by atoms with E-state index in [0.717, 1.165) is 28.7 Å². The predicted octanol–water partition coefficient (Wildman–Crippen LogP) is 5.13. The van der Waals surface area contributed by atoms with E-state index < -0.39 is 0 Å². The summed E-state index contributed by atoms with van der Waals surface area (Å²) in [5, 5.41) is 20.1. The molecule has 0 spiro atoms. The van der Waals surface area contributed by atoms with Gasteiger partial charge in [0.2, 0.25) is 0 Å². The number of aromatic nitrogens is 1. The molecule has 130 valence electrons. The van der Waals surface area contributed by atoms with Gasteiger partial charge in [0.05, 0.1) is 0 Å². The molecule has 1 heterocycles. The fourth-order valence-corrected chi connectivity index (χ4v) is 3.26. The number of thiazole rings is 1. The zero-order valence-electron chi connectivity index (χ0n) is 14.4. The van der Waals surface area contributed by atoms with Crippen molar-refractivity contribution in [3.63, 3.8) is 0 Å². The van der Waals surface area contributed by atoms with Gasteiger partial charge in [-0.2, -0.15) is 0 Å². The molecule has 0 unspecified atom stereocenters. The minimum absolute atomic E-state index is 0.0601. The summed E-state index contributed by atoms with van der Waals surface area (Å²) in [7, 11) is 0. The van der Waals surface area contributed by atoms with Gasteiger partial charge in [-0.3, -0.25) is 0 Å². The Morgan fingerprint density at radius 2 is 1.62 bits per heavy atom. The van der Waals surface area contributed by atoms with Gasteiger partial charge >= 0.3 is 0 Å². The number of nitrogens with zero attached hydrogens (tertiary/aromatic N) is 2. The normalized spacial score (nSPS) is 11.2. The third kappa shape index (κ3) is 5.57. The molecule has 2 N–H and O–H groups in total. The van der Waals surface area contributed by atoms with Gasteiger partial charge in [0.1, 0.15) is 11.5 Å². The zero-order valence-corrected chi connectivity index (χ0v) is 15.2. The van der Waals surface area contributed by atoms with Gasteiger partial charge in [-0.05, 0) is 36.6 Å². The molecular formula is C19H26N2O2S. The molecule has 5 heteroatoms. The largest absolute Gasteiger partial charge is 0.508 e. The van der Waals surface area contributed by atoms with Gasteiger partial charge in [-0.1, -0.05) is 44.1 Å². The number of aromatic hydroxyl groups is 2. The van der Waals surface area contributed by atoms with Crippen LogP contribution >= 0.6 is 11.3 Å². The van der Waals surface area contributed by atoms with E-state index in [1.807, 2.05) is 18.3 Å². The van der Waals surface area contributed by atoms with Crippen molar-refractivity contribution in [3.05, 3.63) is 34.8 Å². The third-order valence-electron chi connectivity index (χ3n) is 3.71. The highest BCUT2D eigenvalue weighted by molar-refractivity contribution is 7.16. The van der Waals surface area contributed by atoms with Crippen molar-refractivity contribution in [1.82, 2.24) is 4.98 Å². The third-order valence-corrected chi connectivity index (χ3v) is 4.73. The average molecular weight is 346 g/mol. The standard InChI is InChI=1S/C19H26N2O2S/c1-3-5-9-21(10-6-4-2)19-20-14-18(24-19)8-7-15-11-16(22)13-17(23)12-15/h7-8,11-14,22-23H,3-6,9-10H2,1-2H3/b8-7+. The van der Waals surface area contributed by atoms with Crippen molar-refractivity contribution >= 4 is 28.6 Å². The molecule has 2 aromatic rings. The number of hydrogen-bond donors (Lipinski definition) is 2. The van der Waals surface area contributed by atoms with Crippen LogP contribution in [0.25, 0.3) is 12.2 Å². The Balaban J connectivity index is 2.08. The van der Waals surface area contributed by atoms with E-state index in [9.17, 15) is 10.2 Å². The Hall–Kier alpha value is -2.01. The Bertz CT molecular complexity index is 639. The van der Waals surface area contributed by atoms with Crippen molar-refractivity contribution in [2.75, 3.05) is 18.0 Å². The lowest BCUT2D eigenvalue weighted by Gasteiger charge is -2.21. The van der Waals surface area contributed by atoms with Crippen LogP contribution in [0.4, 0.5) is 5.13 Å². The Kier molecular flexibility index (Phi) is 7.12. The van der Waals surface area contributed by atoms with Crippen LogP contribution in [0, 0.1) is 0 Å². The molecule has 1 aromatic carbocycles. The molecule has 0 radical (unpaired) electrons. The quantitative estimate of drug-likeness (QED) is 0.661. The highest BCUT2D eigenvalue weighted by Crippen LogP contribution is 2.26. The molecule has 0 saturated heterocycles. The molecule has 0 saturated carbocycles. The number of hydrogen-bond acceptors (Lipinski definition) is 5. The molecule has 2 rings (SSSR count). The second-order valence-electron chi connectivity index (χ2n) is 5.86. The fraction of sp³-hybridized carbons (Fsp3) is 0.421. The maximum absolute atomic E-state index is 9.52. The number of rotatable bonds is 9. The first-order valence-electron chi connectivity index (χ1n) is 8.54. The minimum Gasteiger partial charge on any atom is -0.508 e. The molecule has 0 aliphatic carbocycles. The number of unbranched alkanes of at least 4 members (excludes halogenated alkanes) is 2. The monoisotopic (exact) mass is 346 g/mol. The lowest BCUT2D eigenvalue weighted by atomic mass is 10.2. The number of phenolic OH excluding ortho intramolecular Hbond substituents is 2. The number of anilines is 1. The smallest absolute Gasteiger partial charge is 0.185 e. The van der Waals surface area contributed by atoms with Crippen LogP contribution in [0.1, 0.15) is 50.0 Å². The highest BCUT2D eigenvalue weighted by Gasteiger charge is 2.09. The maximum Gasteiger partial charge on any atom is 0.185 e. The van der Waals surface area contributed by atoms with E-state index in [2.05, 4.69) is 23.7 Å². The molecular weight excluding hydrogens is 320 g/mol. The van der Waals surface area contributed by atoms with E-state index >= 15 is 0 Å². The van der Waals surface area contributed by atoms with Crippen molar-refractivity contribution in [3.8, 4) is 11.5 Å². The predicted molar refractivity (Wildman–Crippen MR) is 103 cm³/mol. The van der Waals surface area contributed by atoms with E-state index in [4.69, 9.17) is 0 Å². The first kappa shape index (κ1) is 18.3. The summed E-state index contributed by atoms with van der Waals surface area (Å²) in [4.78, 5) is 8.00. The van der Waals surface area contributed by atoms with Gasteiger partial charge in [0.25, 0.3) is 0 Å². The van der Waals surface area contributed by atoms with Crippen LogP contribution in [0.3, 0.4) is 0 Å². The summed E-state index contributed by atoms with van der Waals surface area (Å²) in [6, 6.07) is 4.56. The summed E-state index contributed by atoms with van der Waals surface area (Å²) in [6.45, 7) is 6.51. The molecule has 0 amide bonds. The van der Waals surface area contributed by atoms with E-state index in [-0.39, 0.29) is 11.5 Å². The van der Waals surface area contributed by atoms with Gasteiger partial charge < -0.3 is 15.1 Å². The molecule has 0 bridgehead atoms. The van der Waals surface area contributed by atoms with E-state index in [1.165, 1.54) is 31.7 Å². The molecule has 1 aromatic heterocycles. The zero-order chi connectivity index (χ0) is 17.4. The SMILES string of the molecule is CCCCN(CCCC)c1ncc(/C=C/c2cc(O)cc(O)c2)s1. The molecule has 24 heavy (non-hydrogen) atoms. The summed E-state index contributed by atoms with van der Waals surface area (Å²) in [5.41, 5.74) is 0.760. The van der Waals surface area contributed by atoms with Gasteiger partial charge in [0.15, 0.2) is 5.13 Å². The summed E-state index contributed by atoms with van der Waals surface area (Å²) < 4.78 is 0. The molecule has 4 nitrogen and oxygen atoms in total. The Morgan fingerprint density at radius 3 is 2.21 bits per heavy atom. The van der Waals surface area contributed by atoms with Crippen LogP contribution in [0.2, 0.25) is 0 Å². The highest BCUT2D eigenvalue weighted by atomic mass is 32.1. The topological polar surface area (TPSA) is 56.6 Å². The lowest BCUT2D eigenvalue weighted by Crippen LogP contribution is -2.25. The first-order valence-corrected chi connectivity index (χ1v) is 9.36. The van der Waals surface area contributed by atoms with E-state index in [0.29, 0.717) is 0 Å². The van der Waals surface area contributed by atoms with Crippen molar-refractivity contribution in [1.29, 1.82) is 0 Å². The number of benzene rings is 1. The molecule has 0 aliphatic heterocycles. The summed E-state index contributed by atoms with van der Waals surface area (Å²) >= 11 is 1.67. The van der Waals surface area contributed by atoms with Crippen LogP contribution in [-0.2, 0) is 0 Å². The van der Waals surface area contributed by atoms with Crippen LogP contribution < -0.4 is 4.90 Å². The fourth-order valence-electron chi connectivity index (χ4n) is 2.39. The first-order chi connectivity index (χ1) is 11.6.